The summed E-state index contributed by atoms with van der Waals surface area (Å²) < 4.78 is 1.95. The molecular weight excluding hydrogens is 290 g/mol. The van der Waals surface area contributed by atoms with Gasteiger partial charge in [-0.1, -0.05) is 19.3 Å². The van der Waals surface area contributed by atoms with E-state index in [2.05, 4.69) is 20.1 Å². The third kappa shape index (κ3) is 3.52. The van der Waals surface area contributed by atoms with Crippen molar-refractivity contribution in [1.82, 2.24) is 24.6 Å². The van der Waals surface area contributed by atoms with E-state index in [1.165, 1.54) is 38.4 Å². The molecule has 23 heavy (non-hydrogen) atoms. The van der Waals surface area contributed by atoms with Crippen LogP contribution in [0.5, 0.6) is 0 Å². The van der Waals surface area contributed by atoms with Crippen molar-refractivity contribution in [3.8, 4) is 5.95 Å². The fourth-order valence-corrected chi connectivity index (χ4v) is 3.44. The highest BCUT2D eigenvalue weighted by Crippen LogP contribution is 2.19. The van der Waals surface area contributed by atoms with Crippen molar-refractivity contribution in [2.75, 3.05) is 19.6 Å². The predicted molar refractivity (Wildman–Crippen MR) is 89.0 cm³/mol. The third-order valence-electron chi connectivity index (χ3n) is 4.66. The van der Waals surface area contributed by atoms with Gasteiger partial charge in [0.05, 0.1) is 6.54 Å². The first kappa shape index (κ1) is 15.9. The van der Waals surface area contributed by atoms with Crippen LogP contribution in [0.4, 0.5) is 0 Å². The number of carbonyl (C=O) groups excluding carboxylic acids is 1. The minimum atomic E-state index is 0.199. The second kappa shape index (κ2) is 7.08. The average Bonchev–Trinajstić information content (AvgIpc) is 3.09. The maximum atomic E-state index is 12.8. The zero-order valence-corrected chi connectivity index (χ0v) is 14.0. The van der Waals surface area contributed by atoms with E-state index in [9.17, 15) is 4.79 Å². The largest absolute Gasteiger partial charge is 0.296 e. The molecule has 6 heteroatoms. The number of aryl methyl sites for hydroxylation is 1. The van der Waals surface area contributed by atoms with Gasteiger partial charge >= 0.3 is 0 Å². The summed E-state index contributed by atoms with van der Waals surface area (Å²) in [5.41, 5.74) is 2.72. The molecule has 0 unspecified atom stereocenters. The summed E-state index contributed by atoms with van der Waals surface area (Å²) in [5.74, 6) is 0.856. The maximum absolute atomic E-state index is 12.8. The lowest BCUT2D eigenvalue weighted by Gasteiger charge is -2.23. The van der Waals surface area contributed by atoms with Crippen LogP contribution in [0.1, 0.15) is 53.8 Å². The van der Waals surface area contributed by atoms with Crippen molar-refractivity contribution in [2.45, 2.75) is 46.0 Å². The zero-order chi connectivity index (χ0) is 16.2. The predicted octanol–water partition coefficient (Wildman–Crippen LogP) is 2.66. The van der Waals surface area contributed by atoms with Crippen LogP contribution in [-0.4, -0.2) is 50.1 Å². The summed E-state index contributed by atoms with van der Waals surface area (Å²) in [4.78, 5) is 19.3. The Bertz CT molecular complexity index is 651. The third-order valence-corrected chi connectivity index (χ3v) is 4.66. The van der Waals surface area contributed by atoms with Gasteiger partial charge in [-0.15, -0.1) is 0 Å². The minimum Gasteiger partial charge on any atom is -0.296 e. The number of hydrogen-bond donors (Lipinski definition) is 1. The van der Waals surface area contributed by atoms with E-state index in [1.54, 1.807) is 0 Å². The number of nitrogens with zero attached hydrogens (tertiary/aromatic N) is 4. The van der Waals surface area contributed by atoms with E-state index in [0.29, 0.717) is 12.5 Å². The second-order valence-corrected chi connectivity index (χ2v) is 6.40. The molecule has 3 heterocycles. The Balaban J connectivity index is 1.76. The summed E-state index contributed by atoms with van der Waals surface area (Å²) >= 11 is 0. The van der Waals surface area contributed by atoms with Crippen LogP contribution < -0.4 is 0 Å². The quantitative estimate of drug-likeness (QED) is 0.881. The molecule has 0 saturated carbocycles. The van der Waals surface area contributed by atoms with Crippen LogP contribution in [-0.2, 0) is 0 Å². The second-order valence-electron chi connectivity index (χ2n) is 6.40. The van der Waals surface area contributed by atoms with Gasteiger partial charge in [-0.2, -0.15) is 10.1 Å². The van der Waals surface area contributed by atoms with E-state index in [-0.39, 0.29) is 5.78 Å². The molecule has 0 spiro atoms. The Hall–Kier alpha value is -1.95. The number of aromatic amines is 1. The van der Waals surface area contributed by atoms with E-state index in [4.69, 9.17) is 0 Å². The van der Waals surface area contributed by atoms with Crippen molar-refractivity contribution in [2.24, 2.45) is 0 Å². The molecule has 1 aliphatic rings. The number of Topliss-reactive ketones (excluding diaryl/α,β-unsaturated/α-hetero) is 1. The van der Waals surface area contributed by atoms with Crippen LogP contribution in [0.3, 0.4) is 0 Å². The molecule has 1 saturated heterocycles. The maximum Gasteiger partial charge on any atom is 0.229 e. The van der Waals surface area contributed by atoms with E-state index >= 15 is 0 Å². The molecule has 3 rings (SSSR count). The molecule has 0 atom stereocenters. The average molecular weight is 315 g/mol. The van der Waals surface area contributed by atoms with Gasteiger partial charge in [-0.05, 0) is 45.8 Å². The molecule has 0 amide bonds. The molecule has 124 valence electrons. The minimum absolute atomic E-state index is 0.199. The van der Waals surface area contributed by atoms with Gasteiger partial charge in [0, 0.05) is 17.0 Å². The summed E-state index contributed by atoms with van der Waals surface area (Å²) in [6, 6.07) is 1.96. The smallest absolute Gasteiger partial charge is 0.229 e. The van der Waals surface area contributed by atoms with Gasteiger partial charge in [0.2, 0.25) is 5.95 Å². The number of likely N-dealkylation sites (tertiary alicyclic amines) is 1. The summed E-state index contributed by atoms with van der Waals surface area (Å²) in [5, 5.41) is 6.76. The lowest BCUT2D eigenvalue weighted by molar-refractivity contribution is 0.0923. The first-order valence-corrected chi connectivity index (χ1v) is 8.47. The Morgan fingerprint density at radius 3 is 2.52 bits per heavy atom. The van der Waals surface area contributed by atoms with Gasteiger partial charge in [0.15, 0.2) is 5.78 Å². The number of hydrogen-bond acceptors (Lipinski definition) is 4. The first-order chi connectivity index (χ1) is 11.2. The van der Waals surface area contributed by atoms with Crippen molar-refractivity contribution < 1.29 is 4.79 Å². The van der Waals surface area contributed by atoms with E-state index in [0.717, 1.165) is 30.0 Å². The van der Waals surface area contributed by atoms with Crippen LogP contribution in [0.2, 0.25) is 0 Å². The highest BCUT2D eigenvalue weighted by molar-refractivity contribution is 5.99. The van der Waals surface area contributed by atoms with Crippen molar-refractivity contribution in [3.05, 3.63) is 29.3 Å². The van der Waals surface area contributed by atoms with Crippen LogP contribution >= 0.6 is 0 Å². The summed E-state index contributed by atoms with van der Waals surface area (Å²) in [6.45, 7) is 6.54. The lowest BCUT2D eigenvalue weighted by Crippen LogP contribution is -2.32. The fraction of sp³-hybridized carbons (Fsp3) is 0.588. The van der Waals surface area contributed by atoms with Gasteiger partial charge in [0.25, 0.3) is 0 Å². The number of carbonyl (C=O) groups is 1. The molecule has 0 bridgehead atoms. The Morgan fingerprint density at radius 1 is 1.17 bits per heavy atom. The lowest BCUT2D eigenvalue weighted by atomic mass is 10.1. The SMILES string of the molecule is Cc1cc(C(=O)CN2CCCCCCC2)c(C)n1-c1ncn[nH]1. The molecule has 1 fully saturated rings. The molecule has 0 aliphatic carbocycles. The van der Waals surface area contributed by atoms with Crippen molar-refractivity contribution in [1.29, 1.82) is 0 Å². The van der Waals surface area contributed by atoms with Gasteiger partial charge in [-0.25, -0.2) is 5.10 Å². The molecule has 1 aliphatic heterocycles. The summed E-state index contributed by atoms with van der Waals surface area (Å²) in [7, 11) is 0. The molecule has 0 radical (unpaired) electrons. The van der Waals surface area contributed by atoms with Crippen LogP contribution in [0.15, 0.2) is 12.4 Å². The molecule has 2 aromatic rings. The normalized spacial score (nSPS) is 17.0. The molecule has 2 aromatic heterocycles. The Morgan fingerprint density at radius 2 is 1.87 bits per heavy atom. The fourth-order valence-electron chi connectivity index (χ4n) is 3.44. The highest BCUT2D eigenvalue weighted by Gasteiger charge is 2.20. The monoisotopic (exact) mass is 315 g/mol. The van der Waals surface area contributed by atoms with Crippen molar-refractivity contribution >= 4 is 5.78 Å². The number of aromatic nitrogens is 4. The number of nitrogens with one attached hydrogen (secondary N) is 1. The molecule has 6 nitrogen and oxygen atoms in total. The van der Waals surface area contributed by atoms with Gasteiger partial charge in [-0.3, -0.25) is 14.3 Å². The highest BCUT2D eigenvalue weighted by atomic mass is 16.1. The number of ketones is 1. The topological polar surface area (TPSA) is 66.8 Å². The first-order valence-electron chi connectivity index (χ1n) is 8.47. The molecular formula is C17H25N5O. The van der Waals surface area contributed by atoms with Gasteiger partial charge in [0.1, 0.15) is 6.33 Å². The van der Waals surface area contributed by atoms with Crippen molar-refractivity contribution in [3.63, 3.8) is 0 Å². The Kier molecular flexibility index (Phi) is 4.91. The van der Waals surface area contributed by atoms with Crippen LogP contribution in [0.25, 0.3) is 5.95 Å². The number of rotatable bonds is 4. The van der Waals surface area contributed by atoms with Crippen LogP contribution in [0, 0.1) is 13.8 Å². The van der Waals surface area contributed by atoms with E-state index in [1.807, 2.05) is 24.5 Å². The Labute approximate surface area is 136 Å². The molecule has 0 aromatic carbocycles. The zero-order valence-electron chi connectivity index (χ0n) is 14.0. The molecule has 1 N–H and O–H groups in total. The number of H-pyrrole nitrogens is 1. The van der Waals surface area contributed by atoms with E-state index < -0.39 is 0 Å². The van der Waals surface area contributed by atoms with Gasteiger partial charge < -0.3 is 0 Å². The standard InChI is InChI=1S/C17H25N5O/c1-13-10-15(14(2)22(13)17-18-12-19-20-17)16(23)11-21-8-6-4-3-5-7-9-21/h10,12H,3-9,11H2,1-2H3,(H,18,19,20). The summed E-state index contributed by atoms with van der Waals surface area (Å²) in [6.07, 6.45) is 7.78.